The number of fused-ring (bicyclic) bond motifs is 6. The Bertz CT molecular complexity index is 2930. The molecule has 9 aromatic rings. The highest BCUT2D eigenvalue weighted by molar-refractivity contribution is 6.18. The molecule has 1 heterocycles. The summed E-state index contributed by atoms with van der Waals surface area (Å²) in [4.78, 5) is 1.82. The van der Waals surface area contributed by atoms with Crippen LogP contribution in [-0.4, -0.2) is 0 Å². The predicted octanol–water partition coefficient (Wildman–Crippen LogP) is 12.7. The van der Waals surface area contributed by atoms with Gasteiger partial charge in [-0.1, -0.05) is 152 Å². The predicted molar refractivity (Wildman–Crippen MR) is 194 cm³/mol. The van der Waals surface area contributed by atoms with Crippen LogP contribution in [0.3, 0.4) is 0 Å². The van der Waals surface area contributed by atoms with Crippen molar-refractivity contribution in [1.29, 1.82) is 0 Å². The molecule has 1 aromatic heterocycles. The Balaban J connectivity index is 1.43. The molecule has 0 unspecified atom stereocenters. The van der Waals surface area contributed by atoms with Crippen LogP contribution in [0.25, 0.3) is 65.7 Å². The van der Waals surface area contributed by atoms with E-state index in [0.29, 0.717) is 17.0 Å². The fourth-order valence-electron chi connectivity index (χ4n) is 6.50. The standard InChI is InChI=1S/C44H29NO/c1-2-14-30(15-3-1)33-20-8-10-25-40(33)45(41-27-12-18-31-16-4-6-19-34(31)41)42-26-11-9-22-36(42)37-23-13-24-38-39-29-28-32-17-5-7-21-35(32)43(39)46-44(37)38/h1-29H/i4D,6D,12D,16D,18D,19D,27D. The van der Waals surface area contributed by atoms with Crippen molar-refractivity contribution in [1.82, 2.24) is 0 Å². The van der Waals surface area contributed by atoms with Gasteiger partial charge in [0.05, 0.1) is 26.7 Å². The summed E-state index contributed by atoms with van der Waals surface area (Å²) in [7, 11) is 0. The summed E-state index contributed by atoms with van der Waals surface area (Å²) in [5.41, 5.74) is 5.93. The molecule has 0 aliphatic heterocycles. The van der Waals surface area contributed by atoms with Gasteiger partial charge < -0.3 is 9.32 Å². The van der Waals surface area contributed by atoms with Crippen molar-refractivity contribution in [2.24, 2.45) is 0 Å². The lowest BCUT2D eigenvalue weighted by Gasteiger charge is -2.31. The minimum atomic E-state index is -0.500. The molecule has 0 saturated heterocycles. The third kappa shape index (κ3) is 4.19. The summed E-state index contributed by atoms with van der Waals surface area (Å²) in [6, 6.07) is 40.4. The maximum atomic E-state index is 9.45. The Kier molecular flexibility index (Phi) is 4.70. The van der Waals surface area contributed by atoms with Crippen LogP contribution in [0.15, 0.2) is 180 Å². The van der Waals surface area contributed by atoms with Gasteiger partial charge in [-0.3, -0.25) is 0 Å². The lowest BCUT2D eigenvalue weighted by atomic mass is 9.96. The molecule has 216 valence electrons. The van der Waals surface area contributed by atoms with Gasteiger partial charge in [0.25, 0.3) is 0 Å². The van der Waals surface area contributed by atoms with Gasteiger partial charge in [-0.05, 0) is 40.6 Å². The second-order valence-corrected chi connectivity index (χ2v) is 11.2. The molecule has 0 spiro atoms. The number of nitrogens with zero attached hydrogens (tertiary/aromatic N) is 1. The van der Waals surface area contributed by atoms with Gasteiger partial charge >= 0.3 is 0 Å². The van der Waals surface area contributed by atoms with E-state index >= 15 is 0 Å². The minimum absolute atomic E-state index is 0.00640. The maximum Gasteiger partial charge on any atom is 0.143 e. The van der Waals surface area contributed by atoms with Gasteiger partial charge in [0.2, 0.25) is 0 Å². The minimum Gasteiger partial charge on any atom is -0.455 e. The Morgan fingerprint density at radius 3 is 1.93 bits per heavy atom. The smallest absolute Gasteiger partial charge is 0.143 e. The largest absolute Gasteiger partial charge is 0.455 e. The van der Waals surface area contributed by atoms with E-state index in [4.69, 9.17) is 12.6 Å². The average Bonchev–Trinajstić information content (AvgIpc) is 3.59. The molecule has 46 heavy (non-hydrogen) atoms. The summed E-state index contributed by atoms with van der Waals surface area (Å²) in [6.07, 6.45) is 0. The van der Waals surface area contributed by atoms with Gasteiger partial charge in [0.15, 0.2) is 0 Å². The Morgan fingerprint density at radius 1 is 0.391 bits per heavy atom. The first-order valence-corrected chi connectivity index (χ1v) is 15.1. The van der Waals surface area contributed by atoms with Crippen molar-refractivity contribution in [3.63, 3.8) is 0 Å². The van der Waals surface area contributed by atoms with E-state index < -0.39 is 30.2 Å². The van der Waals surface area contributed by atoms with Crippen molar-refractivity contribution in [2.75, 3.05) is 4.90 Å². The molecule has 0 amide bonds. The van der Waals surface area contributed by atoms with Crippen LogP contribution >= 0.6 is 0 Å². The van der Waals surface area contributed by atoms with Gasteiger partial charge in [-0.25, -0.2) is 0 Å². The molecule has 0 saturated carbocycles. The lowest BCUT2D eigenvalue weighted by Crippen LogP contribution is -2.13. The number of anilines is 3. The molecule has 0 aliphatic carbocycles. The second kappa shape index (κ2) is 10.8. The van der Waals surface area contributed by atoms with E-state index in [2.05, 4.69) is 18.2 Å². The van der Waals surface area contributed by atoms with E-state index in [-0.39, 0.29) is 28.5 Å². The number of hydrogen-bond acceptors (Lipinski definition) is 2. The summed E-state index contributed by atoms with van der Waals surface area (Å²) >= 11 is 0. The van der Waals surface area contributed by atoms with E-state index in [9.17, 15) is 1.37 Å². The summed E-state index contributed by atoms with van der Waals surface area (Å²) in [5, 5.41) is 3.85. The third-order valence-corrected chi connectivity index (χ3v) is 8.57. The van der Waals surface area contributed by atoms with E-state index in [0.717, 1.165) is 49.4 Å². The van der Waals surface area contributed by atoms with Gasteiger partial charge in [-0.2, -0.15) is 0 Å². The lowest BCUT2D eigenvalue weighted by molar-refractivity contribution is 0.674. The Labute approximate surface area is 277 Å². The fourth-order valence-corrected chi connectivity index (χ4v) is 6.50. The summed E-state index contributed by atoms with van der Waals surface area (Å²) < 4.78 is 69.2. The quantitative estimate of drug-likeness (QED) is 0.197. The normalized spacial score (nSPS) is 13.6. The molecule has 0 radical (unpaired) electrons. The van der Waals surface area contributed by atoms with Crippen LogP contribution in [0.4, 0.5) is 17.1 Å². The number of rotatable bonds is 5. The van der Waals surface area contributed by atoms with Crippen molar-refractivity contribution >= 4 is 60.5 Å². The maximum absolute atomic E-state index is 9.45. The van der Waals surface area contributed by atoms with Gasteiger partial charge in [0.1, 0.15) is 11.2 Å². The molecule has 0 aliphatic rings. The fraction of sp³-hybridized carbons (Fsp3) is 0. The first kappa shape index (κ1) is 20.0. The third-order valence-electron chi connectivity index (χ3n) is 8.57. The highest BCUT2D eigenvalue weighted by Gasteiger charge is 2.23. The van der Waals surface area contributed by atoms with Crippen LogP contribution in [-0.2, 0) is 0 Å². The molecule has 0 atom stereocenters. The van der Waals surface area contributed by atoms with Gasteiger partial charge in [-0.15, -0.1) is 0 Å². The Morgan fingerprint density at radius 2 is 1.04 bits per heavy atom. The van der Waals surface area contributed by atoms with Gasteiger partial charge in [0, 0.05) is 38.2 Å². The molecular weight excluding hydrogens is 558 g/mol. The van der Waals surface area contributed by atoms with E-state index in [1.807, 2.05) is 120 Å². The monoisotopic (exact) mass is 594 g/mol. The molecule has 8 aromatic carbocycles. The number of benzene rings is 8. The molecule has 0 bridgehead atoms. The van der Waals surface area contributed by atoms with Crippen LogP contribution in [0, 0.1) is 0 Å². The number of hydrogen-bond donors (Lipinski definition) is 0. The molecule has 2 heteroatoms. The first-order valence-electron chi connectivity index (χ1n) is 18.6. The first-order chi connectivity index (χ1) is 25.8. The molecule has 0 N–H and O–H groups in total. The van der Waals surface area contributed by atoms with Crippen LogP contribution in [0.1, 0.15) is 9.60 Å². The molecule has 9 rings (SSSR count). The molecular formula is C44H29NO. The molecule has 2 nitrogen and oxygen atoms in total. The van der Waals surface area contributed by atoms with Crippen molar-refractivity contribution in [3.05, 3.63) is 176 Å². The van der Waals surface area contributed by atoms with Crippen LogP contribution in [0.5, 0.6) is 0 Å². The summed E-state index contributed by atoms with van der Waals surface area (Å²) in [6.45, 7) is 0. The zero-order valence-corrected chi connectivity index (χ0v) is 24.6. The van der Waals surface area contributed by atoms with Crippen molar-refractivity contribution in [2.45, 2.75) is 0 Å². The molecule has 0 fully saturated rings. The Hall–Kier alpha value is -6.12. The van der Waals surface area contributed by atoms with E-state index in [1.165, 1.54) is 0 Å². The zero-order chi connectivity index (χ0) is 36.5. The topological polar surface area (TPSA) is 16.4 Å². The SMILES string of the molecule is [2H]c1c([2H])c([2H])c2c(N(c3ccccc3-c3ccccc3)c3ccccc3-c3cccc4c3oc3c5ccccc5ccc43)c([2H])c([2H])c([2H])c2c1[2H]. The number of para-hydroxylation sites is 3. The average molecular weight is 595 g/mol. The second-order valence-electron chi connectivity index (χ2n) is 11.2. The highest BCUT2D eigenvalue weighted by Crippen LogP contribution is 2.48. The summed E-state index contributed by atoms with van der Waals surface area (Å²) in [5.74, 6) is 0. The van der Waals surface area contributed by atoms with Crippen molar-refractivity contribution in [3.8, 4) is 22.3 Å². The van der Waals surface area contributed by atoms with Crippen LogP contribution < -0.4 is 4.90 Å². The van der Waals surface area contributed by atoms with Crippen molar-refractivity contribution < 1.29 is 14.0 Å². The van der Waals surface area contributed by atoms with Crippen LogP contribution in [0.2, 0.25) is 0 Å². The highest BCUT2D eigenvalue weighted by atomic mass is 16.3. The van der Waals surface area contributed by atoms with E-state index in [1.54, 1.807) is 0 Å². The number of furan rings is 1. The zero-order valence-electron chi connectivity index (χ0n) is 31.6.